The molecule has 1 aromatic carbocycles. The van der Waals surface area contributed by atoms with Gasteiger partial charge < -0.3 is 10.6 Å². The summed E-state index contributed by atoms with van der Waals surface area (Å²) >= 11 is 3.36. The van der Waals surface area contributed by atoms with Gasteiger partial charge in [-0.2, -0.15) is 0 Å². The van der Waals surface area contributed by atoms with Crippen LogP contribution in [0.15, 0.2) is 22.7 Å². The van der Waals surface area contributed by atoms with Crippen LogP contribution in [0.25, 0.3) is 0 Å². The van der Waals surface area contributed by atoms with E-state index in [1.807, 2.05) is 6.92 Å². The maximum absolute atomic E-state index is 14.0. The number of carbonyl (C=O) groups excluding carboxylic acids is 1. The van der Waals surface area contributed by atoms with E-state index in [2.05, 4.69) is 15.9 Å². The summed E-state index contributed by atoms with van der Waals surface area (Å²) in [7, 11) is 0. The van der Waals surface area contributed by atoms with Gasteiger partial charge >= 0.3 is 0 Å². The van der Waals surface area contributed by atoms with Crippen LogP contribution < -0.4 is 5.73 Å². The highest BCUT2D eigenvalue weighted by atomic mass is 79.9. The summed E-state index contributed by atoms with van der Waals surface area (Å²) in [5.74, 6) is 0.677. The van der Waals surface area contributed by atoms with Gasteiger partial charge in [0.2, 0.25) is 5.91 Å². The molecule has 6 heteroatoms. The summed E-state index contributed by atoms with van der Waals surface area (Å²) in [5.41, 5.74) is 6.82. The third kappa shape index (κ3) is 3.57. The highest BCUT2D eigenvalue weighted by molar-refractivity contribution is 9.10. The molecule has 3 rings (SSSR count). The smallest absolute Gasteiger partial charge is 0.227 e. The van der Waals surface area contributed by atoms with E-state index in [9.17, 15) is 9.18 Å². The van der Waals surface area contributed by atoms with E-state index in [1.165, 1.54) is 6.07 Å². The molecule has 23 heavy (non-hydrogen) atoms. The minimum Gasteiger partial charge on any atom is -0.338 e. The number of hydrogen-bond donors (Lipinski definition) is 1. The second-order valence-corrected chi connectivity index (χ2v) is 7.44. The van der Waals surface area contributed by atoms with Gasteiger partial charge in [0.05, 0.1) is 5.92 Å². The van der Waals surface area contributed by atoms with E-state index in [4.69, 9.17) is 5.73 Å². The first kappa shape index (κ1) is 18.7. The molecule has 2 aliphatic rings. The van der Waals surface area contributed by atoms with Crippen LogP contribution in [0.5, 0.6) is 0 Å². The van der Waals surface area contributed by atoms with Crippen LogP contribution in [0.1, 0.15) is 31.7 Å². The quantitative estimate of drug-likeness (QED) is 0.829. The number of nitrogens with zero attached hydrogens (tertiary/aromatic N) is 1. The molecule has 1 aromatic rings. The van der Waals surface area contributed by atoms with E-state index in [-0.39, 0.29) is 36.1 Å². The maximum atomic E-state index is 14.0. The molecule has 4 unspecified atom stereocenters. The van der Waals surface area contributed by atoms with Gasteiger partial charge in [-0.25, -0.2) is 4.39 Å². The molecule has 1 amide bonds. The predicted molar refractivity (Wildman–Crippen MR) is 94.7 cm³/mol. The van der Waals surface area contributed by atoms with Crippen LogP contribution in [-0.2, 0) is 11.3 Å². The third-order valence-electron chi connectivity index (χ3n) is 5.33. The van der Waals surface area contributed by atoms with Crippen LogP contribution in [0, 0.1) is 23.6 Å². The van der Waals surface area contributed by atoms with Crippen molar-refractivity contribution in [1.82, 2.24) is 4.90 Å². The summed E-state index contributed by atoms with van der Waals surface area (Å²) in [6.45, 7) is 2.82. The molecule has 128 valence electrons. The first-order chi connectivity index (χ1) is 10.5. The summed E-state index contributed by atoms with van der Waals surface area (Å²) in [6, 6.07) is 4.82. The lowest BCUT2D eigenvalue weighted by molar-refractivity contribution is -0.138. The van der Waals surface area contributed by atoms with Gasteiger partial charge in [-0.15, -0.1) is 12.4 Å². The number of hydrogen-bond acceptors (Lipinski definition) is 2. The van der Waals surface area contributed by atoms with Crippen molar-refractivity contribution in [3.05, 3.63) is 34.1 Å². The number of nitrogens with two attached hydrogens (primary N) is 1. The van der Waals surface area contributed by atoms with Crippen LogP contribution in [0.4, 0.5) is 4.39 Å². The molecule has 2 N–H and O–H groups in total. The minimum atomic E-state index is -0.272. The Labute approximate surface area is 151 Å². The lowest BCUT2D eigenvalue weighted by Gasteiger charge is -2.32. The van der Waals surface area contributed by atoms with E-state index in [1.54, 1.807) is 17.0 Å². The van der Waals surface area contributed by atoms with Gasteiger partial charge in [0, 0.05) is 29.2 Å². The van der Waals surface area contributed by atoms with Gasteiger partial charge in [0.15, 0.2) is 0 Å². The Hall–Kier alpha value is -0.650. The molecule has 2 fully saturated rings. The zero-order valence-corrected chi connectivity index (χ0v) is 15.6. The van der Waals surface area contributed by atoms with E-state index in [0.717, 1.165) is 23.7 Å². The number of carbonyl (C=O) groups is 1. The highest BCUT2D eigenvalue weighted by Gasteiger charge is 2.49. The first-order valence-corrected chi connectivity index (χ1v) is 8.78. The van der Waals surface area contributed by atoms with Crippen molar-refractivity contribution < 1.29 is 9.18 Å². The molecule has 0 aliphatic heterocycles. The number of amides is 1. The summed E-state index contributed by atoms with van der Waals surface area (Å²) in [4.78, 5) is 14.6. The molecule has 0 heterocycles. The lowest BCUT2D eigenvalue weighted by Crippen LogP contribution is -2.46. The van der Waals surface area contributed by atoms with Crippen molar-refractivity contribution in [3.63, 3.8) is 0 Å². The predicted octanol–water partition coefficient (Wildman–Crippen LogP) is 3.73. The normalized spacial score (nSPS) is 28.5. The van der Waals surface area contributed by atoms with Crippen LogP contribution >= 0.6 is 28.3 Å². The first-order valence-electron chi connectivity index (χ1n) is 7.99. The Morgan fingerprint density at radius 3 is 2.70 bits per heavy atom. The Bertz CT molecular complexity index is 584. The molecule has 4 atom stereocenters. The average molecular weight is 406 g/mol. The van der Waals surface area contributed by atoms with Crippen molar-refractivity contribution in [1.29, 1.82) is 0 Å². The Balaban J connectivity index is 0.00000192. The summed E-state index contributed by atoms with van der Waals surface area (Å²) in [6.07, 6.45) is 3.35. The Morgan fingerprint density at radius 2 is 2.09 bits per heavy atom. The van der Waals surface area contributed by atoms with Crippen molar-refractivity contribution in [2.24, 2.45) is 23.5 Å². The lowest BCUT2D eigenvalue weighted by atomic mass is 9.84. The molecular weight excluding hydrogens is 383 g/mol. The highest BCUT2D eigenvalue weighted by Crippen LogP contribution is 2.48. The van der Waals surface area contributed by atoms with Gasteiger partial charge in [-0.05, 0) is 56.2 Å². The third-order valence-corrected chi connectivity index (χ3v) is 5.82. The standard InChI is InChI=1S/C17H22BrFN2O.ClH/c1-2-21(9-12-8-13(18)5-6-14(12)19)17(22)15-10-3-4-11(7-10)16(15)20;/h5-6,8,10-11,15-16H,2-4,7,9,20H2,1H3;1H. The zero-order chi connectivity index (χ0) is 15.9. The molecule has 0 spiro atoms. The second kappa shape index (κ2) is 7.49. The van der Waals surface area contributed by atoms with Crippen molar-refractivity contribution >= 4 is 34.2 Å². The van der Waals surface area contributed by atoms with Gasteiger partial charge in [-0.3, -0.25) is 4.79 Å². The molecular formula is C17H23BrClFN2O. The van der Waals surface area contributed by atoms with Gasteiger partial charge in [-0.1, -0.05) is 15.9 Å². The Morgan fingerprint density at radius 1 is 1.39 bits per heavy atom. The Kier molecular flexibility index (Phi) is 6.09. The zero-order valence-electron chi connectivity index (χ0n) is 13.2. The fourth-order valence-electron chi connectivity index (χ4n) is 4.13. The molecule has 0 saturated heterocycles. The van der Waals surface area contributed by atoms with Crippen molar-refractivity contribution in [2.75, 3.05) is 6.54 Å². The molecule has 0 aromatic heterocycles. The topological polar surface area (TPSA) is 46.3 Å². The molecule has 0 radical (unpaired) electrons. The van der Waals surface area contributed by atoms with Crippen molar-refractivity contribution in [3.8, 4) is 0 Å². The van der Waals surface area contributed by atoms with E-state index in [0.29, 0.717) is 30.5 Å². The maximum Gasteiger partial charge on any atom is 0.227 e. The number of benzene rings is 1. The number of rotatable bonds is 4. The number of fused-ring (bicyclic) bond motifs is 2. The number of halogens is 3. The summed E-state index contributed by atoms with van der Waals surface area (Å²) < 4.78 is 14.8. The average Bonchev–Trinajstić information content (AvgIpc) is 3.08. The largest absolute Gasteiger partial charge is 0.338 e. The van der Waals surface area contributed by atoms with Gasteiger partial charge in [0.25, 0.3) is 0 Å². The minimum absolute atomic E-state index is 0. The van der Waals surface area contributed by atoms with E-state index < -0.39 is 0 Å². The monoisotopic (exact) mass is 404 g/mol. The van der Waals surface area contributed by atoms with E-state index >= 15 is 0 Å². The fraction of sp³-hybridized carbons (Fsp3) is 0.588. The van der Waals surface area contributed by atoms with Crippen LogP contribution in [0.3, 0.4) is 0 Å². The fourth-order valence-corrected chi connectivity index (χ4v) is 4.54. The van der Waals surface area contributed by atoms with Crippen molar-refractivity contribution in [2.45, 2.75) is 38.8 Å². The molecule has 2 saturated carbocycles. The molecule has 3 nitrogen and oxygen atoms in total. The summed E-state index contributed by atoms with van der Waals surface area (Å²) in [5, 5.41) is 0. The SMILES string of the molecule is CCN(Cc1cc(Br)ccc1F)C(=O)C1C2CCC(C2)C1N.Cl. The van der Waals surface area contributed by atoms with Crippen LogP contribution in [0.2, 0.25) is 0 Å². The van der Waals surface area contributed by atoms with Gasteiger partial charge in [0.1, 0.15) is 5.82 Å². The van der Waals surface area contributed by atoms with Crippen LogP contribution in [-0.4, -0.2) is 23.4 Å². The second-order valence-electron chi connectivity index (χ2n) is 6.52. The molecule has 2 bridgehead atoms. The molecule has 2 aliphatic carbocycles.